The van der Waals surface area contributed by atoms with E-state index in [9.17, 15) is 4.79 Å². The van der Waals surface area contributed by atoms with Crippen molar-refractivity contribution in [1.82, 2.24) is 24.8 Å². The normalized spacial score (nSPS) is 13.8. The van der Waals surface area contributed by atoms with Gasteiger partial charge >= 0.3 is 0 Å². The standard InChI is InChI=1S/C20H25N7O/c1-15-12-18(26-10-4-5-11-26)25-20(24-15)22-9-8-21-19(28)13-27-14-23-16-6-2-3-7-17(16)27/h2-3,6-7,12,14H,4-5,8-11,13H2,1H3,(H,21,28)(H,22,24,25). The van der Waals surface area contributed by atoms with E-state index < -0.39 is 0 Å². The van der Waals surface area contributed by atoms with Gasteiger partial charge in [0.25, 0.3) is 0 Å². The quantitative estimate of drug-likeness (QED) is 0.610. The van der Waals surface area contributed by atoms with Gasteiger partial charge in [0.05, 0.1) is 17.4 Å². The number of hydrogen-bond donors (Lipinski definition) is 2. The van der Waals surface area contributed by atoms with E-state index in [0.29, 0.717) is 19.0 Å². The number of nitrogens with zero attached hydrogens (tertiary/aromatic N) is 5. The molecule has 0 unspecified atom stereocenters. The van der Waals surface area contributed by atoms with Gasteiger partial charge in [-0.05, 0) is 31.9 Å². The number of aromatic nitrogens is 4. The first kappa shape index (κ1) is 18.2. The highest BCUT2D eigenvalue weighted by Gasteiger charge is 2.15. The summed E-state index contributed by atoms with van der Waals surface area (Å²) in [5.41, 5.74) is 2.79. The number of imidazole rings is 1. The molecule has 28 heavy (non-hydrogen) atoms. The van der Waals surface area contributed by atoms with Gasteiger partial charge in [-0.25, -0.2) is 9.97 Å². The van der Waals surface area contributed by atoms with Crippen LogP contribution in [0, 0.1) is 6.92 Å². The molecule has 1 saturated heterocycles. The van der Waals surface area contributed by atoms with Crippen LogP contribution in [0.25, 0.3) is 11.0 Å². The monoisotopic (exact) mass is 379 g/mol. The molecule has 0 bridgehead atoms. The number of amides is 1. The summed E-state index contributed by atoms with van der Waals surface area (Å²) in [4.78, 5) is 27.9. The fourth-order valence-electron chi connectivity index (χ4n) is 3.46. The largest absolute Gasteiger partial charge is 0.356 e. The van der Waals surface area contributed by atoms with E-state index in [-0.39, 0.29) is 12.5 Å². The summed E-state index contributed by atoms with van der Waals surface area (Å²) >= 11 is 0. The lowest BCUT2D eigenvalue weighted by atomic mass is 10.3. The molecule has 146 valence electrons. The molecule has 1 aliphatic heterocycles. The fourth-order valence-corrected chi connectivity index (χ4v) is 3.46. The zero-order valence-electron chi connectivity index (χ0n) is 16.1. The van der Waals surface area contributed by atoms with E-state index in [0.717, 1.165) is 35.6 Å². The number of carbonyl (C=O) groups excluding carboxylic acids is 1. The van der Waals surface area contributed by atoms with E-state index in [1.54, 1.807) is 6.33 Å². The lowest BCUT2D eigenvalue weighted by molar-refractivity contribution is -0.121. The first-order valence-corrected chi connectivity index (χ1v) is 9.70. The summed E-state index contributed by atoms with van der Waals surface area (Å²) in [5.74, 6) is 1.54. The van der Waals surface area contributed by atoms with Gasteiger partial charge in [0.15, 0.2) is 0 Å². The number of benzene rings is 1. The molecule has 8 nitrogen and oxygen atoms in total. The van der Waals surface area contributed by atoms with Crippen LogP contribution in [-0.4, -0.2) is 51.6 Å². The molecule has 2 aromatic heterocycles. The number of para-hydroxylation sites is 2. The van der Waals surface area contributed by atoms with Crippen LogP contribution in [0.2, 0.25) is 0 Å². The Balaban J connectivity index is 1.27. The van der Waals surface area contributed by atoms with E-state index in [1.165, 1.54) is 12.8 Å². The predicted octanol–water partition coefficient (Wildman–Crippen LogP) is 1.96. The molecular formula is C20H25N7O. The van der Waals surface area contributed by atoms with Crippen molar-refractivity contribution >= 4 is 28.7 Å². The molecule has 0 atom stereocenters. The number of carbonyl (C=O) groups is 1. The van der Waals surface area contributed by atoms with Crippen LogP contribution in [0.4, 0.5) is 11.8 Å². The minimum atomic E-state index is -0.0483. The van der Waals surface area contributed by atoms with Gasteiger partial charge in [-0.2, -0.15) is 4.98 Å². The van der Waals surface area contributed by atoms with Gasteiger partial charge in [-0.3, -0.25) is 4.79 Å². The van der Waals surface area contributed by atoms with E-state index >= 15 is 0 Å². The Labute approximate surface area is 164 Å². The van der Waals surface area contributed by atoms with Gasteiger partial charge < -0.3 is 20.1 Å². The smallest absolute Gasteiger partial charge is 0.240 e. The molecule has 0 radical (unpaired) electrons. The van der Waals surface area contributed by atoms with Crippen LogP contribution in [0.3, 0.4) is 0 Å². The molecule has 3 aromatic rings. The Bertz CT molecular complexity index is 962. The second kappa shape index (κ2) is 8.24. The minimum absolute atomic E-state index is 0.0483. The second-order valence-electron chi connectivity index (χ2n) is 7.02. The van der Waals surface area contributed by atoms with Crippen LogP contribution >= 0.6 is 0 Å². The van der Waals surface area contributed by atoms with Gasteiger partial charge in [0.1, 0.15) is 12.4 Å². The molecular weight excluding hydrogens is 354 g/mol. The van der Waals surface area contributed by atoms with Crippen LogP contribution < -0.4 is 15.5 Å². The number of nitrogens with one attached hydrogen (secondary N) is 2. The molecule has 1 aromatic carbocycles. The van der Waals surface area contributed by atoms with Crippen molar-refractivity contribution < 1.29 is 4.79 Å². The van der Waals surface area contributed by atoms with Crippen molar-refractivity contribution in [2.45, 2.75) is 26.3 Å². The van der Waals surface area contributed by atoms with Gasteiger partial charge in [0, 0.05) is 37.9 Å². The summed E-state index contributed by atoms with van der Waals surface area (Å²) in [6.45, 7) is 5.40. The zero-order chi connectivity index (χ0) is 19.3. The average molecular weight is 379 g/mol. The molecule has 2 N–H and O–H groups in total. The van der Waals surface area contributed by atoms with Crippen molar-refractivity contribution in [3.63, 3.8) is 0 Å². The summed E-state index contributed by atoms with van der Waals surface area (Å²) in [7, 11) is 0. The highest BCUT2D eigenvalue weighted by molar-refractivity contribution is 5.80. The summed E-state index contributed by atoms with van der Waals surface area (Å²) in [6, 6.07) is 9.80. The van der Waals surface area contributed by atoms with E-state index in [2.05, 4.69) is 30.5 Å². The maximum Gasteiger partial charge on any atom is 0.240 e. The lowest BCUT2D eigenvalue weighted by Gasteiger charge is -2.17. The first-order valence-electron chi connectivity index (χ1n) is 9.70. The van der Waals surface area contributed by atoms with Gasteiger partial charge in [0.2, 0.25) is 11.9 Å². The van der Waals surface area contributed by atoms with E-state index in [1.807, 2.05) is 41.8 Å². The number of fused-ring (bicyclic) bond motifs is 1. The molecule has 1 aliphatic rings. The Morgan fingerprint density at radius 2 is 1.96 bits per heavy atom. The lowest BCUT2D eigenvalue weighted by Crippen LogP contribution is -2.31. The minimum Gasteiger partial charge on any atom is -0.356 e. The zero-order valence-corrected chi connectivity index (χ0v) is 16.1. The Morgan fingerprint density at radius 3 is 2.82 bits per heavy atom. The van der Waals surface area contributed by atoms with Crippen LogP contribution in [0.5, 0.6) is 0 Å². The highest BCUT2D eigenvalue weighted by Crippen LogP contribution is 2.19. The SMILES string of the molecule is Cc1cc(N2CCCC2)nc(NCCNC(=O)Cn2cnc3ccccc32)n1. The average Bonchev–Trinajstić information content (AvgIpc) is 3.36. The summed E-state index contributed by atoms with van der Waals surface area (Å²) < 4.78 is 1.85. The Kier molecular flexibility index (Phi) is 5.36. The van der Waals surface area contributed by atoms with Crippen molar-refractivity contribution in [3.8, 4) is 0 Å². The highest BCUT2D eigenvalue weighted by atomic mass is 16.1. The number of rotatable bonds is 7. The number of hydrogen-bond acceptors (Lipinski definition) is 6. The maximum atomic E-state index is 12.2. The van der Waals surface area contributed by atoms with Crippen molar-refractivity contribution in [3.05, 3.63) is 42.4 Å². The maximum absolute atomic E-state index is 12.2. The summed E-state index contributed by atoms with van der Waals surface area (Å²) in [6.07, 6.45) is 4.12. The van der Waals surface area contributed by atoms with Crippen molar-refractivity contribution in [2.75, 3.05) is 36.4 Å². The molecule has 3 heterocycles. The summed E-state index contributed by atoms with van der Waals surface area (Å²) in [5, 5.41) is 6.13. The van der Waals surface area contributed by atoms with Crippen LogP contribution in [-0.2, 0) is 11.3 Å². The number of aryl methyl sites for hydroxylation is 1. The molecule has 0 saturated carbocycles. The fraction of sp³-hybridized carbons (Fsp3) is 0.400. The molecule has 0 spiro atoms. The number of anilines is 2. The third-order valence-corrected chi connectivity index (χ3v) is 4.84. The molecule has 4 rings (SSSR count). The Hall–Kier alpha value is -3.16. The molecule has 8 heteroatoms. The first-order chi connectivity index (χ1) is 13.7. The third kappa shape index (κ3) is 4.21. The molecule has 1 amide bonds. The molecule has 1 fully saturated rings. The van der Waals surface area contributed by atoms with Gasteiger partial charge in [-0.1, -0.05) is 12.1 Å². The van der Waals surface area contributed by atoms with Crippen molar-refractivity contribution in [1.29, 1.82) is 0 Å². The second-order valence-corrected chi connectivity index (χ2v) is 7.02. The van der Waals surface area contributed by atoms with Crippen LogP contribution in [0.15, 0.2) is 36.7 Å². The predicted molar refractivity (Wildman–Crippen MR) is 109 cm³/mol. The van der Waals surface area contributed by atoms with Crippen LogP contribution in [0.1, 0.15) is 18.5 Å². The third-order valence-electron chi connectivity index (χ3n) is 4.84. The topological polar surface area (TPSA) is 88.0 Å². The Morgan fingerprint density at radius 1 is 1.14 bits per heavy atom. The van der Waals surface area contributed by atoms with E-state index in [4.69, 9.17) is 0 Å². The van der Waals surface area contributed by atoms with Gasteiger partial charge in [-0.15, -0.1) is 0 Å². The molecule has 0 aliphatic carbocycles. The van der Waals surface area contributed by atoms with Crippen molar-refractivity contribution in [2.24, 2.45) is 0 Å².